The summed E-state index contributed by atoms with van der Waals surface area (Å²) in [5.41, 5.74) is 0. The van der Waals surface area contributed by atoms with Crippen molar-refractivity contribution in [1.29, 1.82) is 0 Å². The van der Waals surface area contributed by atoms with Gasteiger partial charge in [-0.05, 0) is 26.3 Å². The summed E-state index contributed by atoms with van der Waals surface area (Å²) in [5, 5.41) is 9.92. The SMILES string of the molecule is CCOc1nnc(CN2CCCCC2C2OCCO2)s1. The molecule has 112 valence electrons. The monoisotopic (exact) mass is 299 g/mol. The Morgan fingerprint density at radius 2 is 2.15 bits per heavy atom. The van der Waals surface area contributed by atoms with Crippen molar-refractivity contribution in [1.82, 2.24) is 15.1 Å². The van der Waals surface area contributed by atoms with Crippen LogP contribution in [0.5, 0.6) is 5.19 Å². The second-order valence-corrected chi connectivity index (χ2v) is 6.06. The summed E-state index contributed by atoms with van der Waals surface area (Å²) < 4.78 is 16.7. The van der Waals surface area contributed by atoms with Crippen LogP contribution in [-0.2, 0) is 16.0 Å². The molecule has 0 N–H and O–H groups in total. The largest absolute Gasteiger partial charge is 0.469 e. The van der Waals surface area contributed by atoms with Crippen molar-refractivity contribution < 1.29 is 14.2 Å². The lowest BCUT2D eigenvalue weighted by Crippen LogP contribution is -2.46. The molecule has 20 heavy (non-hydrogen) atoms. The summed E-state index contributed by atoms with van der Waals surface area (Å²) >= 11 is 1.53. The Morgan fingerprint density at radius 3 is 2.95 bits per heavy atom. The quantitative estimate of drug-likeness (QED) is 0.824. The van der Waals surface area contributed by atoms with E-state index in [-0.39, 0.29) is 6.29 Å². The van der Waals surface area contributed by atoms with E-state index in [0.29, 0.717) is 31.1 Å². The molecule has 2 aliphatic rings. The molecule has 0 aliphatic carbocycles. The Hall–Kier alpha value is -0.760. The van der Waals surface area contributed by atoms with Crippen LogP contribution in [0.25, 0.3) is 0 Å². The molecule has 2 fully saturated rings. The molecule has 1 aromatic rings. The Morgan fingerprint density at radius 1 is 1.30 bits per heavy atom. The highest BCUT2D eigenvalue weighted by atomic mass is 32.1. The van der Waals surface area contributed by atoms with Gasteiger partial charge in [-0.2, -0.15) is 0 Å². The summed E-state index contributed by atoms with van der Waals surface area (Å²) in [5.74, 6) is 0. The van der Waals surface area contributed by atoms with Gasteiger partial charge < -0.3 is 14.2 Å². The summed E-state index contributed by atoms with van der Waals surface area (Å²) in [6, 6.07) is 0.339. The molecule has 3 heterocycles. The number of piperidine rings is 1. The molecule has 1 atom stereocenters. The molecule has 6 nitrogen and oxygen atoms in total. The first-order chi connectivity index (χ1) is 9.86. The number of likely N-dealkylation sites (tertiary alicyclic amines) is 1. The van der Waals surface area contributed by atoms with E-state index in [0.717, 1.165) is 24.5 Å². The normalized spacial score (nSPS) is 25.1. The Balaban J connectivity index is 1.63. The summed E-state index contributed by atoms with van der Waals surface area (Å²) in [6.45, 7) is 5.88. The van der Waals surface area contributed by atoms with Crippen LogP contribution >= 0.6 is 11.3 Å². The van der Waals surface area contributed by atoms with Crippen LogP contribution in [0.2, 0.25) is 0 Å². The van der Waals surface area contributed by atoms with Gasteiger partial charge in [-0.25, -0.2) is 0 Å². The molecule has 2 saturated heterocycles. The van der Waals surface area contributed by atoms with E-state index in [9.17, 15) is 0 Å². The maximum atomic E-state index is 5.68. The molecular formula is C13H21N3O3S. The predicted octanol–water partition coefficient (Wildman–Crippen LogP) is 1.66. The summed E-state index contributed by atoms with van der Waals surface area (Å²) in [6.07, 6.45) is 3.52. The average Bonchev–Trinajstić information content (AvgIpc) is 3.12. The zero-order chi connectivity index (χ0) is 13.8. The molecule has 3 rings (SSSR count). The molecule has 7 heteroatoms. The molecule has 0 bridgehead atoms. The van der Waals surface area contributed by atoms with Crippen molar-refractivity contribution in [3.8, 4) is 5.19 Å². The standard InChI is InChI=1S/C13H21N3O3S/c1-2-17-13-15-14-11(20-13)9-16-6-4-3-5-10(16)12-18-7-8-19-12/h10,12H,2-9H2,1H3. The molecule has 0 radical (unpaired) electrons. The minimum Gasteiger partial charge on any atom is -0.469 e. The van der Waals surface area contributed by atoms with Gasteiger partial charge in [-0.3, -0.25) is 4.90 Å². The summed E-state index contributed by atoms with van der Waals surface area (Å²) in [7, 11) is 0. The van der Waals surface area contributed by atoms with Gasteiger partial charge in [0, 0.05) is 0 Å². The number of ether oxygens (including phenoxy) is 3. The topological polar surface area (TPSA) is 56.7 Å². The highest BCUT2D eigenvalue weighted by Crippen LogP contribution is 2.27. The van der Waals surface area contributed by atoms with Gasteiger partial charge in [-0.1, -0.05) is 17.8 Å². The Kier molecular flexibility index (Phi) is 4.82. The van der Waals surface area contributed by atoms with Crippen molar-refractivity contribution in [3.05, 3.63) is 5.01 Å². The average molecular weight is 299 g/mol. The van der Waals surface area contributed by atoms with Crippen LogP contribution in [0.3, 0.4) is 0 Å². The molecular weight excluding hydrogens is 278 g/mol. The van der Waals surface area contributed by atoms with E-state index >= 15 is 0 Å². The lowest BCUT2D eigenvalue weighted by atomic mass is 10.0. The first-order valence-corrected chi connectivity index (χ1v) is 8.11. The van der Waals surface area contributed by atoms with Crippen molar-refractivity contribution in [3.63, 3.8) is 0 Å². The van der Waals surface area contributed by atoms with Crippen LogP contribution in [0, 0.1) is 0 Å². The lowest BCUT2D eigenvalue weighted by Gasteiger charge is -2.37. The van der Waals surface area contributed by atoms with Crippen molar-refractivity contribution in [2.24, 2.45) is 0 Å². The maximum Gasteiger partial charge on any atom is 0.294 e. The van der Waals surface area contributed by atoms with Gasteiger partial charge in [0.15, 0.2) is 6.29 Å². The molecule has 1 aromatic heterocycles. The van der Waals surface area contributed by atoms with Crippen LogP contribution in [0.1, 0.15) is 31.2 Å². The van der Waals surface area contributed by atoms with Crippen LogP contribution in [-0.4, -0.2) is 53.8 Å². The predicted molar refractivity (Wildman–Crippen MR) is 74.8 cm³/mol. The van der Waals surface area contributed by atoms with Crippen molar-refractivity contribution in [2.45, 2.75) is 45.1 Å². The highest BCUT2D eigenvalue weighted by molar-refractivity contribution is 7.13. The van der Waals surface area contributed by atoms with Gasteiger partial charge in [0.1, 0.15) is 5.01 Å². The second kappa shape index (κ2) is 6.80. The fourth-order valence-corrected chi connectivity index (χ4v) is 3.55. The van der Waals surface area contributed by atoms with Crippen molar-refractivity contribution in [2.75, 3.05) is 26.4 Å². The number of aromatic nitrogens is 2. The minimum absolute atomic E-state index is 0.0745. The first-order valence-electron chi connectivity index (χ1n) is 7.29. The van der Waals surface area contributed by atoms with Gasteiger partial charge in [0.2, 0.25) is 0 Å². The van der Waals surface area contributed by atoms with E-state index in [1.54, 1.807) is 0 Å². The number of hydrogen-bond donors (Lipinski definition) is 0. The zero-order valence-corrected chi connectivity index (χ0v) is 12.6. The van der Waals surface area contributed by atoms with Gasteiger partial charge in [-0.15, -0.1) is 10.2 Å². The van der Waals surface area contributed by atoms with Crippen LogP contribution < -0.4 is 4.74 Å². The smallest absolute Gasteiger partial charge is 0.294 e. The van der Waals surface area contributed by atoms with Gasteiger partial charge in [0.25, 0.3) is 5.19 Å². The number of nitrogens with zero attached hydrogens (tertiary/aromatic N) is 3. The van der Waals surface area contributed by atoms with Crippen LogP contribution in [0.15, 0.2) is 0 Å². The molecule has 0 spiro atoms. The molecule has 2 aliphatic heterocycles. The minimum atomic E-state index is -0.0745. The molecule has 0 amide bonds. The third-order valence-corrected chi connectivity index (χ3v) is 4.50. The Bertz CT molecular complexity index is 423. The fourth-order valence-electron chi connectivity index (χ4n) is 2.78. The molecule has 0 aromatic carbocycles. The third kappa shape index (κ3) is 3.28. The number of hydrogen-bond acceptors (Lipinski definition) is 7. The highest BCUT2D eigenvalue weighted by Gasteiger charge is 2.34. The number of rotatable bonds is 5. The van der Waals surface area contributed by atoms with E-state index in [1.807, 2.05) is 6.92 Å². The third-order valence-electron chi connectivity index (χ3n) is 3.68. The van der Waals surface area contributed by atoms with Gasteiger partial charge >= 0.3 is 0 Å². The van der Waals surface area contributed by atoms with E-state index < -0.39 is 0 Å². The van der Waals surface area contributed by atoms with E-state index in [1.165, 1.54) is 24.2 Å². The molecule has 0 saturated carbocycles. The Labute approximate surface area is 123 Å². The van der Waals surface area contributed by atoms with E-state index in [4.69, 9.17) is 14.2 Å². The fraction of sp³-hybridized carbons (Fsp3) is 0.846. The van der Waals surface area contributed by atoms with Crippen molar-refractivity contribution >= 4 is 11.3 Å². The summed E-state index contributed by atoms with van der Waals surface area (Å²) in [4.78, 5) is 2.41. The van der Waals surface area contributed by atoms with E-state index in [2.05, 4.69) is 15.1 Å². The second-order valence-electron chi connectivity index (χ2n) is 5.04. The van der Waals surface area contributed by atoms with Gasteiger partial charge in [0.05, 0.1) is 32.4 Å². The first kappa shape index (κ1) is 14.2. The lowest BCUT2D eigenvalue weighted by molar-refractivity contribution is -0.111. The molecule has 1 unspecified atom stereocenters. The maximum absolute atomic E-state index is 5.68. The zero-order valence-electron chi connectivity index (χ0n) is 11.8. The van der Waals surface area contributed by atoms with Crippen LogP contribution in [0.4, 0.5) is 0 Å².